The Hall–Kier alpha value is -3.35. The van der Waals surface area contributed by atoms with E-state index in [9.17, 15) is 14.4 Å². The number of nitrogens with one attached hydrogen (secondary N) is 2. The summed E-state index contributed by atoms with van der Waals surface area (Å²) in [5, 5.41) is 14.5. The molecule has 0 radical (unpaired) electrons. The zero-order chi connectivity index (χ0) is 23.8. The number of carboxylic acids is 1. The van der Waals surface area contributed by atoms with Crippen LogP contribution in [0.1, 0.15) is 56.6 Å². The predicted octanol–water partition coefficient (Wildman–Crippen LogP) is 4.31. The van der Waals surface area contributed by atoms with Crippen LogP contribution in [0.15, 0.2) is 48.5 Å². The lowest BCUT2D eigenvalue weighted by Crippen LogP contribution is -2.36. The second-order valence-corrected chi connectivity index (χ2v) is 8.59. The van der Waals surface area contributed by atoms with E-state index in [4.69, 9.17) is 9.84 Å². The molecule has 1 aliphatic carbocycles. The fourth-order valence-electron chi connectivity index (χ4n) is 4.22. The van der Waals surface area contributed by atoms with Crippen LogP contribution >= 0.6 is 0 Å². The molecule has 0 heterocycles. The zero-order valence-corrected chi connectivity index (χ0v) is 19.2. The van der Waals surface area contributed by atoms with E-state index in [1.165, 1.54) is 11.1 Å². The summed E-state index contributed by atoms with van der Waals surface area (Å²) in [6.07, 6.45) is 0.931. The lowest BCUT2D eigenvalue weighted by Gasteiger charge is -2.17. The Morgan fingerprint density at radius 1 is 1.03 bits per heavy atom. The molecule has 0 aromatic heterocycles. The Kier molecular flexibility index (Phi) is 8.46. The van der Waals surface area contributed by atoms with Gasteiger partial charge in [-0.25, -0.2) is 4.79 Å². The second kappa shape index (κ2) is 11.5. The number of carbonyl (C=O) groups is 3. The van der Waals surface area contributed by atoms with Gasteiger partial charge in [0.05, 0.1) is 0 Å². The van der Waals surface area contributed by atoms with Crippen molar-refractivity contribution in [3.8, 4) is 11.1 Å². The maximum Gasteiger partial charge on any atom is 0.407 e. The van der Waals surface area contributed by atoms with Crippen molar-refractivity contribution < 1.29 is 24.2 Å². The molecule has 2 atom stereocenters. The minimum atomic E-state index is -0.864. The molecule has 2 unspecified atom stereocenters. The number of aliphatic carboxylic acids is 1. The highest BCUT2D eigenvalue weighted by Crippen LogP contribution is 2.44. The number of carbonyl (C=O) groups excluding carboxylic acids is 2. The summed E-state index contributed by atoms with van der Waals surface area (Å²) in [6, 6.07) is 16.1. The summed E-state index contributed by atoms with van der Waals surface area (Å²) >= 11 is 0. The summed E-state index contributed by atoms with van der Waals surface area (Å²) in [7, 11) is 0. The van der Waals surface area contributed by atoms with Crippen LogP contribution in [0, 0.1) is 5.92 Å². The third-order valence-electron chi connectivity index (χ3n) is 6.14. The number of hydrogen-bond donors (Lipinski definition) is 3. The molecule has 0 spiro atoms. The fraction of sp³-hybridized carbons (Fsp3) is 0.423. The minimum Gasteiger partial charge on any atom is -0.481 e. The number of fused-ring (bicyclic) bond motifs is 3. The number of hydrogen-bond acceptors (Lipinski definition) is 4. The van der Waals surface area contributed by atoms with Crippen molar-refractivity contribution in [2.75, 3.05) is 13.2 Å². The molecule has 0 fully saturated rings. The van der Waals surface area contributed by atoms with Crippen molar-refractivity contribution in [3.05, 3.63) is 59.7 Å². The number of benzene rings is 2. The Morgan fingerprint density at radius 2 is 1.64 bits per heavy atom. The van der Waals surface area contributed by atoms with E-state index in [1.807, 2.05) is 38.1 Å². The highest BCUT2D eigenvalue weighted by atomic mass is 16.5. The first-order valence-electron chi connectivity index (χ1n) is 11.5. The van der Waals surface area contributed by atoms with Crippen LogP contribution in [-0.4, -0.2) is 42.3 Å². The van der Waals surface area contributed by atoms with Gasteiger partial charge in [0, 0.05) is 31.3 Å². The largest absolute Gasteiger partial charge is 0.481 e. The van der Waals surface area contributed by atoms with E-state index in [-0.39, 0.29) is 43.2 Å². The van der Waals surface area contributed by atoms with Gasteiger partial charge in [0.1, 0.15) is 6.61 Å². The molecule has 7 nitrogen and oxygen atoms in total. The van der Waals surface area contributed by atoms with Crippen LogP contribution in [0.25, 0.3) is 11.1 Å². The van der Waals surface area contributed by atoms with E-state index in [1.54, 1.807) is 0 Å². The van der Waals surface area contributed by atoms with E-state index >= 15 is 0 Å². The Labute approximate surface area is 194 Å². The third kappa shape index (κ3) is 6.57. The lowest BCUT2D eigenvalue weighted by molar-refractivity contribution is -0.138. The van der Waals surface area contributed by atoms with Crippen molar-refractivity contribution in [1.29, 1.82) is 0 Å². The van der Waals surface area contributed by atoms with Crippen molar-refractivity contribution in [3.63, 3.8) is 0 Å². The second-order valence-electron chi connectivity index (χ2n) is 8.59. The first kappa shape index (κ1) is 24.3. The van der Waals surface area contributed by atoms with Gasteiger partial charge in [-0.3, -0.25) is 9.59 Å². The van der Waals surface area contributed by atoms with Crippen LogP contribution in [0.3, 0.4) is 0 Å². The van der Waals surface area contributed by atoms with Crippen molar-refractivity contribution in [2.45, 2.75) is 51.5 Å². The molecule has 7 heteroatoms. The molecule has 0 bridgehead atoms. The monoisotopic (exact) mass is 452 g/mol. The molecule has 3 N–H and O–H groups in total. The molecule has 0 saturated heterocycles. The molecular weight excluding hydrogens is 420 g/mol. The normalized spacial score (nSPS) is 14.0. The lowest BCUT2D eigenvalue weighted by atomic mass is 9.98. The molecule has 2 aromatic rings. The maximum absolute atomic E-state index is 12.3. The van der Waals surface area contributed by atoms with Gasteiger partial charge in [0.25, 0.3) is 0 Å². The van der Waals surface area contributed by atoms with E-state index in [0.29, 0.717) is 19.4 Å². The average molecular weight is 453 g/mol. The minimum absolute atomic E-state index is 0.00143. The smallest absolute Gasteiger partial charge is 0.407 e. The predicted molar refractivity (Wildman–Crippen MR) is 126 cm³/mol. The van der Waals surface area contributed by atoms with Crippen LogP contribution < -0.4 is 10.6 Å². The molecule has 3 rings (SSSR count). The average Bonchev–Trinajstić information content (AvgIpc) is 3.12. The van der Waals surface area contributed by atoms with E-state index < -0.39 is 12.1 Å². The number of ether oxygens (including phenoxy) is 1. The van der Waals surface area contributed by atoms with Gasteiger partial charge < -0.3 is 20.5 Å². The summed E-state index contributed by atoms with van der Waals surface area (Å²) in [5.41, 5.74) is 4.67. The summed E-state index contributed by atoms with van der Waals surface area (Å²) < 4.78 is 5.54. The Bertz CT molecular complexity index is 945. The molecule has 0 saturated carbocycles. The van der Waals surface area contributed by atoms with Gasteiger partial charge in [-0.1, -0.05) is 61.9 Å². The Balaban J connectivity index is 1.42. The summed E-state index contributed by atoms with van der Waals surface area (Å²) in [4.78, 5) is 35.2. The molecule has 33 heavy (non-hydrogen) atoms. The quantitative estimate of drug-likeness (QED) is 0.471. The van der Waals surface area contributed by atoms with Crippen LogP contribution in [0.4, 0.5) is 4.79 Å². The molecule has 2 amide bonds. The van der Waals surface area contributed by atoms with Crippen molar-refractivity contribution in [2.24, 2.45) is 5.92 Å². The summed E-state index contributed by atoms with van der Waals surface area (Å²) in [6.45, 7) is 4.32. The maximum atomic E-state index is 12.3. The molecule has 0 aliphatic heterocycles. The van der Waals surface area contributed by atoms with Crippen LogP contribution in [-0.2, 0) is 14.3 Å². The van der Waals surface area contributed by atoms with Crippen LogP contribution in [0.2, 0.25) is 0 Å². The van der Waals surface area contributed by atoms with Crippen molar-refractivity contribution in [1.82, 2.24) is 10.6 Å². The number of alkyl carbamates (subject to hydrolysis) is 1. The first-order chi connectivity index (χ1) is 15.9. The first-order valence-corrected chi connectivity index (χ1v) is 11.5. The number of rotatable bonds is 11. The highest BCUT2D eigenvalue weighted by molar-refractivity contribution is 5.79. The van der Waals surface area contributed by atoms with E-state index in [2.05, 4.69) is 34.9 Å². The topological polar surface area (TPSA) is 105 Å². The van der Waals surface area contributed by atoms with Gasteiger partial charge in [0.15, 0.2) is 0 Å². The molecule has 2 aromatic carbocycles. The molecular formula is C26H32N2O5. The molecule has 176 valence electrons. The van der Waals surface area contributed by atoms with Gasteiger partial charge in [-0.2, -0.15) is 0 Å². The Morgan fingerprint density at radius 3 is 2.21 bits per heavy atom. The SMILES string of the molecule is CCC(CNC(=O)CCC(C)NC(=O)OCC1c2ccccc2-c2ccccc21)CC(=O)O. The zero-order valence-electron chi connectivity index (χ0n) is 19.2. The van der Waals surface area contributed by atoms with E-state index in [0.717, 1.165) is 11.1 Å². The third-order valence-corrected chi connectivity index (χ3v) is 6.14. The van der Waals surface area contributed by atoms with Gasteiger partial charge in [-0.15, -0.1) is 0 Å². The summed E-state index contributed by atoms with van der Waals surface area (Å²) in [5.74, 6) is -1.10. The van der Waals surface area contributed by atoms with Gasteiger partial charge in [-0.05, 0) is 41.5 Å². The highest BCUT2D eigenvalue weighted by Gasteiger charge is 2.29. The number of amides is 2. The van der Waals surface area contributed by atoms with Gasteiger partial charge in [0.2, 0.25) is 5.91 Å². The fourth-order valence-corrected chi connectivity index (χ4v) is 4.22. The standard InChI is InChI=1S/C26H32N2O5/c1-3-18(14-25(30)31)15-27-24(29)13-12-17(2)28-26(32)33-16-23-21-10-6-4-8-19(21)20-9-5-7-11-22(20)23/h4-11,17-18,23H,3,12-16H2,1-2H3,(H,27,29)(H,28,32)(H,30,31). The van der Waals surface area contributed by atoms with Crippen LogP contribution in [0.5, 0.6) is 0 Å². The molecule has 1 aliphatic rings. The van der Waals surface area contributed by atoms with Crippen molar-refractivity contribution >= 4 is 18.0 Å². The van der Waals surface area contributed by atoms with Gasteiger partial charge >= 0.3 is 12.1 Å². The number of carboxylic acid groups (broad SMARTS) is 1.